The number of aryl methyl sites for hydroxylation is 1. The average molecular weight is 353 g/mol. The number of hydrogen-bond acceptors (Lipinski definition) is 3. The quantitative estimate of drug-likeness (QED) is 0.875. The lowest BCUT2D eigenvalue weighted by Crippen LogP contribution is -2.42. The number of halogens is 2. The maximum atomic E-state index is 12.3. The van der Waals surface area contributed by atoms with Gasteiger partial charge in [0.25, 0.3) is 0 Å². The van der Waals surface area contributed by atoms with Crippen molar-refractivity contribution >= 4 is 34.0 Å². The molecule has 2 rings (SSSR count). The summed E-state index contributed by atoms with van der Waals surface area (Å²) in [5.74, 6) is 0. The molecule has 0 saturated carbocycles. The van der Waals surface area contributed by atoms with Crippen LogP contribution in [0.25, 0.3) is 0 Å². The second kappa shape index (κ2) is 7.29. The van der Waals surface area contributed by atoms with Gasteiger partial charge < -0.3 is 5.32 Å². The molecule has 0 bridgehead atoms. The summed E-state index contributed by atoms with van der Waals surface area (Å²) in [6, 6.07) is 4.82. The zero-order valence-electron chi connectivity index (χ0n) is 12.3. The van der Waals surface area contributed by atoms with Crippen molar-refractivity contribution in [2.24, 2.45) is 5.41 Å². The molecular weight excluding hydrogens is 331 g/mol. The fourth-order valence-electron chi connectivity index (χ4n) is 2.30. The molecule has 1 aromatic carbocycles. The number of rotatable bonds is 4. The number of benzene rings is 1. The zero-order valence-corrected chi connectivity index (χ0v) is 14.7. The highest BCUT2D eigenvalue weighted by atomic mass is 35.5. The van der Waals surface area contributed by atoms with Gasteiger partial charge in [-0.05, 0) is 56.0 Å². The molecule has 0 atom stereocenters. The van der Waals surface area contributed by atoms with Crippen molar-refractivity contribution in [3.63, 3.8) is 0 Å². The normalized spacial score (nSPS) is 18.0. The number of sulfonamides is 1. The second-order valence-electron chi connectivity index (χ2n) is 5.80. The number of nitrogens with one attached hydrogen (secondary N) is 2. The van der Waals surface area contributed by atoms with Crippen LogP contribution in [0.2, 0.25) is 5.02 Å². The Labute approximate surface area is 138 Å². The van der Waals surface area contributed by atoms with Gasteiger partial charge in [-0.15, -0.1) is 12.4 Å². The van der Waals surface area contributed by atoms with Crippen LogP contribution in [0.15, 0.2) is 23.1 Å². The minimum atomic E-state index is -3.49. The maximum Gasteiger partial charge on any atom is 0.240 e. The van der Waals surface area contributed by atoms with E-state index >= 15 is 0 Å². The fraction of sp³-hybridized carbons (Fsp3) is 0.571. The summed E-state index contributed by atoms with van der Waals surface area (Å²) in [6.07, 6.45) is 1.95. The Bertz CT molecular complexity index is 585. The molecule has 1 aliphatic heterocycles. The summed E-state index contributed by atoms with van der Waals surface area (Å²) in [6.45, 7) is 6.31. The van der Waals surface area contributed by atoms with Crippen LogP contribution in [0, 0.1) is 12.3 Å². The Morgan fingerprint density at radius 3 is 2.52 bits per heavy atom. The largest absolute Gasteiger partial charge is 0.317 e. The van der Waals surface area contributed by atoms with E-state index in [0.29, 0.717) is 11.6 Å². The summed E-state index contributed by atoms with van der Waals surface area (Å²) in [5, 5.41) is 3.76. The van der Waals surface area contributed by atoms with E-state index in [4.69, 9.17) is 11.6 Å². The van der Waals surface area contributed by atoms with E-state index in [1.807, 2.05) is 6.92 Å². The molecule has 0 unspecified atom stereocenters. The van der Waals surface area contributed by atoms with Crippen LogP contribution in [0.3, 0.4) is 0 Å². The SMILES string of the molecule is Cc1ccc(S(=O)(=O)NCC2(C)CCNCC2)cc1Cl.Cl. The van der Waals surface area contributed by atoms with Gasteiger partial charge in [-0.1, -0.05) is 24.6 Å². The Hall–Kier alpha value is -0.330. The molecule has 2 N–H and O–H groups in total. The van der Waals surface area contributed by atoms with Gasteiger partial charge in [0.1, 0.15) is 0 Å². The first-order chi connectivity index (χ1) is 9.32. The van der Waals surface area contributed by atoms with E-state index in [1.54, 1.807) is 12.1 Å². The Kier molecular flexibility index (Phi) is 6.50. The summed E-state index contributed by atoms with van der Waals surface area (Å²) in [7, 11) is -3.49. The first-order valence-electron chi connectivity index (χ1n) is 6.79. The molecule has 7 heteroatoms. The molecule has 0 aliphatic carbocycles. The molecular formula is C14H22Cl2N2O2S. The van der Waals surface area contributed by atoms with Crippen molar-refractivity contribution < 1.29 is 8.42 Å². The smallest absolute Gasteiger partial charge is 0.240 e. The molecule has 1 saturated heterocycles. The van der Waals surface area contributed by atoms with Crippen LogP contribution in [0.5, 0.6) is 0 Å². The van der Waals surface area contributed by atoms with Gasteiger partial charge in [-0.2, -0.15) is 0 Å². The Morgan fingerprint density at radius 1 is 1.33 bits per heavy atom. The minimum Gasteiger partial charge on any atom is -0.317 e. The third-order valence-corrected chi connectivity index (χ3v) is 5.76. The molecule has 0 radical (unpaired) electrons. The van der Waals surface area contributed by atoms with E-state index in [2.05, 4.69) is 17.0 Å². The van der Waals surface area contributed by atoms with Gasteiger partial charge in [-0.25, -0.2) is 13.1 Å². The van der Waals surface area contributed by atoms with Crippen molar-refractivity contribution in [1.82, 2.24) is 10.0 Å². The molecule has 4 nitrogen and oxygen atoms in total. The number of piperidine rings is 1. The van der Waals surface area contributed by atoms with Crippen LogP contribution in [0.1, 0.15) is 25.3 Å². The maximum absolute atomic E-state index is 12.3. The lowest BCUT2D eigenvalue weighted by Gasteiger charge is -2.34. The van der Waals surface area contributed by atoms with Crippen molar-refractivity contribution in [3.05, 3.63) is 28.8 Å². The summed E-state index contributed by atoms with van der Waals surface area (Å²) >= 11 is 6.00. The molecule has 0 spiro atoms. The van der Waals surface area contributed by atoms with Crippen molar-refractivity contribution in [2.45, 2.75) is 31.6 Å². The predicted octanol–water partition coefficient (Wildman–Crippen LogP) is 2.74. The van der Waals surface area contributed by atoms with Crippen molar-refractivity contribution in [1.29, 1.82) is 0 Å². The van der Waals surface area contributed by atoms with Crippen LogP contribution in [0.4, 0.5) is 0 Å². The van der Waals surface area contributed by atoms with Gasteiger partial charge in [0.2, 0.25) is 10.0 Å². The second-order valence-corrected chi connectivity index (χ2v) is 7.97. The summed E-state index contributed by atoms with van der Waals surface area (Å²) in [4.78, 5) is 0.227. The van der Waals surface area contributed by atoms with E-state index < -0.39 is 10.0 Å². The van der Waals surface area contributed by atoms with Gasteiger partial charge in [0.05, 0.1) is 4.90 Å². The molecule has 21 heavy (non-hydrogen) atoms. The molecule has 1 aromatic rings. The molecule has 120 valence electrons. The van der Waals surface area contributed by atoms with E-state index in [-0.39, 0.29) is 22.7 Å². The predicted molar refractivity (Wildman–Crippen MR) is 88.8 cm³/mol. The van der Waals surface area contributed by atoms with Crippen molar-refractivity contribution in [3.8, 4) is 0 Å². The van der Waals surface area contributed by atoms with Crippen LogP contribution in [-0.4, -0.2) is 28.1 Å². The zero-order chi connectivity index (χ0) is 14.8. The lowest BCUT2D eigenvalue weighted by atomic mass is 9.81. The Morgan fingerprint density at radius 2 is 1.95 bits per heavy atom. The Balaban J connectivity index is 0.00000220. The van der Waals surface area contributed by atoms with Gasteiger partial charge in [0.15, 0.2) is 0 Å². The van der Waals surface area contributed by atoms with Gasteiger partial charge >= 0.3 is 0 Å². The van der Waals surface area contributed by atoms with Crippen LogP contribution >= 0.6 is 24.0 Å². The van der Waals surface area contributed by atoms with Gasteiger partial charge in [0, 0.05) is 11.6 Å². The highest BCUT2D eigenvalue weighted by molar-refractivity contribution is 7.89. The standard InChI is InChI=1S/C14H21ClN2O2S.ClH/c1-11-3-4-12(9-13(11)15)20(18,19)17-10-14(2)5-7-16-8-6-14;/h3-4,9,16-17H,5-8,10H2,1-2H3;1H. The summed E-state index contributed by atoms with van der Waals surface area (Å²) < 4.78 is 27.3. The molecule has 1 fully saturated rings. The van der Waals surface area contributed by atoms with Crippen molar-refractivity contribution in [2.75, 3.05) is 19.6 Å². The number of hydrogen-bond donors (Lipinski definition) is 2. The van der Waals surface area contributed by atoms with E-state index in [9.17, 15) is 8.42 Å². The highest BCUT2D eigenvalue weighted by Gasteiger charge is 2.28. The van der Waals surface area contributed by atoms with Gasteiger partial charge in [-0.3, -0.25) is 0 Å². The topological polar surface area (TPSA) is 58.2 Å². The van der Waals surface area contributed by atoms with E-state index in [0.717, 1.165) is 31.5 Å². The lowest BCUT2D eigenvalue weighted by molar-refractivity contribution is 0.232. The molecule has 0 aromatic heterocycles. The first-order valence-corrected chi connectivity index (χ1v) is 8.65. The summed E-state index contributed by atoms with van der Waals surface area (Å²) in [5.41, 5.74) is 0.892. The molecule has 1 heterocycles. The fourth-order valence-corrected chi connectivity index (χ4v) is 3.77. The average Bonchev–Trinajstić information content (AvgIpc) is 2.41. The third-order valence-electron chi connectivity index (χ3n) is 3.95. The highest BCUT2D eigenvalue weighted by Crippen LogP contribution is 2.27. The molecule has 1 aliphatic rings. The third kappa shape index (κ3) is 4.83. The van der Waals surface area contributed by atoms with E-state index in [1.165, 1.54) is 6.07 Å². The monoisotopic (exact) mass is 352 g/mol. The first kappa shape index (κ1) is 18.7. The molecule has 0 amide bonds. The minimum absolute atomic E-state index is 0. The van der Waals surface area contributed by atoms with Crippen LogP contribution < -0.4 is 10.0 Å². The van der Waals surface area contributed by atoms with Crippen LogP contribution in [-0.2, 0) is 10.0 Å².